The maximum Gasteiger partial charge on any atom is 0.270 e. The smallest absolute Gasteiger partial charge is 0.270 e. The molecule has 0 radical (unpaired) electrons. The second-order valence-electron chi connectivity index (χ2n) is 6.37. The first-order valence-electron chi connectivity index (χ1n) is 8.57. The Labute approximate surface area is 141 Å². The van der Waals surface area contributed by atoms with Crippen LogP contribution >= 0.6 is 0 Å². The third-order valence-corrected chi connectivity index (χ3v) is 4.73. The van der Waals surface area contributed by atoms with Crippen LogP contribution in [0.3, 0.4) is 0 Å². The highest BCUT2D eigenvalue weighted by molar-refractivity contribution is 6.00. The van der Waals surface area contributed by atoms with Gasteiger partial charge in [-0.3, -0.25) is 14.9 Å². The number of nitrogens with zero attached hydrogens (tertiary/aromatic N) is 2. The number of carbonyl (C=O) groups excluding carboxylic acids is 1. The molecule has 1 heterocycles. The number of nitrogens with one attached hydrogen (secondary N) is 1. The van der Waals surface area contributed by atoms with Gasteiger partial charge in [0.05, 0.1) is 29.4 Å². The molecular weight excluding hydrogens is 310 g/mol. The SMILES string of the molecule is O=C(NC1CCCCC1)c1cc([N+](=O)[O-])ccc1N1CCOCC1. The molecule has 1 amide bonds. The van der Waals surface area contributed by atoms with Crippen molar-refractivity contribution < 1.29 is 14.5 Å². The highest BCUT2D eigenvalue weighted by Gasteiger charge is 2.24. The van der Waals surface area contributed by atoms with Gasteiger partial charge in [0.15, 0.2) is 0 Å². The number of hydrogen-bond acceptors (Lipinski definition) is 5. The molecule has 7 heteroatoms. The van der Waals surface area contributed by atoms with Crippen molar-refractivity contribution in [3.05, 3.63) is 33.9 Å². The fourth-order valence-electron chi connectivity index (χ4n) is 3.41. The number of nitro benzene ring substituents is 1. The fourth-order valence-corrected chi connectivity index (χ4v) is 3.41. The standard InChI is InChI=1S/C17H23N3O4/c21-17(18-13-4-2-1-3-5-13)15-12-14(20(22)23)6-7-16(15)19-8-10-24-11-9-19/h6-7,12-13H,1-5,8-11H2,(H,18,21). The molecule has 24 heavy (non-hydrogen) atoms. The van der Waals surface area contributed by atoms with E-state index in [1.807, 2.05) is 0 Å². The summed E-state index contributed by atoms with van der Waals surface area (Å²) in [5, 5.41) is 14.2. The van der Waals surface area contributed by atoms with Crippen molar-refractivity contribution in [2.75, 3.05) is 31.2 Å². The van der Waals surface area contributed by atoms with Gasteiger partial charge in [-0.15, -0.1) is 0 Å². The molecule has 1 N–H and O–H groups in total. The highest BCUT2D eigenvalue weighted by atomic mass is 16.6. The van der Waals surface area contributed by atoms with Crippen LogP contribution < -0.4 is 10.2 Å². The van der Waals surface area contributed by atoms with Crippen molar-refractivity contribution in [1.29, 1.82) is 0 Å². The zero-order chi connectivity index (χ0) is 16.9. The Hall–Kier alpha value is -2.15. The molecule has 130 valence electrons. The first kappa shape index (κ1) is 16.7. The fraction of sp³-hybridized carbons (Fsp3) is 0.588. The summed E-state index contributed by atoms with van der Waals surface area (Å²) >= 11 is 0. The van der Waals surface area contributed by atoms with E-state index < -0.39 is 4.92 Å². The van der Waals surface area contributed by atoms with Gasteiger partial charge < -0.3 is 15.0 Å². The normalized spacial score (nSPS) is 19.1. The molecular formula is C17H23N3O4. The second kappa shape index (κ2) is 7.61. The lowest BCUT2D eigenvalue weighted by Gasteiger charge is -2.31. The Morgan fingerprint density at radius 1 is 1.21 bits per heavy atom. The van der Waals surface area contributed by atoms with E-state index in [4.69, 9.17) is 4.74 Å². The Morgan fingerprint density at radius 3 is 2.58 bits per heavy atom. The Kier molecular flexibility index (Phi) is 5.30. The molecule has 1 aliphatic heterocycles. The van der Waals surface area contributed by atoms with E-state index in [0.717, 1.165) is 31.4 Å². The van der Waals surface area contributed by atoms with Crippen molar-refractivity contribution in [3.63, 3.8) is 0 Å². The molecule has 1 aliphatic carbocycles. The van der Waals surface area contributed by atoms with Crippen molar-refractivity contribution in [2.45, 2.75) is 38.1 Å². The Morgan fingerprint density at radius 2 is 1.92 bits per heavy atom. The zero-order valence-corrected chi connectivity index (χ0v) is 13.7. The number of morpholine rings is 1. The largest absolute Gasteiger partial charge is 0.378 e. The summed E-state index contributed by atoms with van der Waals surface area (Å²) < 4.78 is 5.35. The summed E-state index contributed by atoms with van der Waals surface area (Å²) in [4.78, 5) is 25.5. The average molecular weight is 333 g/mol. The van der Waals surface area contributed by atoms with Crippen LogP contribution in [0, 0.1) is 10.1 Å². The molecule has 0 bridgehead atoms. The van der Waals surface area contributed by atoms with E-state index in [1.165, 1.54) is 18.6 Å². The first-order valence-corrected chi connectivity index (χ1v) is 8.57. The maximum absolute atomic E-state index is 12.8. The third-order valence-electron chi connectivity index (χ3n) is 4.73. The van der Waals surface area contributed by atoms with Crippen LogP contribution in [0.2, 0.25) is 0 Å². The van der Waals surface area contributed by atoms with E-state index in [1.54, 1.807) is 6.07 Å². The third kappa shape index (κ3) is 3.84. The molecule has 1 saturated heterocycles. The molecule has 0 atom stereocenters. The molecule has 1 aromatic carbocycles. The van der Waals surface area contributed by atoms with Crippen LogP contribution in [0.5, 0.6) is 0 Å². The average Bonchev–Trinajstić information content (AvgIpc) is 2.62. The number of nitro groups is 1. The van der Waals surface area contributed by atoms with Crippen molar-refractivity contribution in [2.24, 2.45) is 0 Å². The van der Waals surface area contributed by atoms with Crippen molar-refractivity contribution in [3.8, 4) is 0 Å². The number of anilines is 1. The van der Waals surface area contributed by atoms with Gasteiger partial charge >= 0.3 is 0 Å². The Balaban J connectivity index is 1.85. The summed E-state index contributed by atoms with van der Waals surface area (Å²) in [6.07, 6.45) is 5.41. The van der Waals surface area contributed by atoms with E-state index in [9.17, 15) is 14.9 Å². The number of benzene rings is 1. The monoisotopic (exact) mass is 333 g/mol. The van der Waals surface area contributed by atoms with Gasteiger partial charge in [-0.25, -0.2) is 0 Å². The molecule has 7 nitrogen and oxygen atoms in total. The van der Waals surface area contributed by atoms with Crippen LogP contribution in [-0.2, 0) is 4.74 Å². The minimum atomic E-state index is -0.458. The van der Waals surface area contributed by atoms with Crippen molar-refractivity contribution >= 4 is 17.3 Å². The summed E-state index contributed by atoms with van der Waals surface area (Å²) in [7, 11) is 0. The van der Waals surface area contributed by atoms with Gasteiger partial charge in [-0.1, -0.05) is 19.3 Å². The summed E-state index contributed by atoms with van der Waals surface area (Å²) in [6.45, 7) is 2.56. The highest BCUT2D eigenvalue weighted by Crippen LogP contribution is 2.27. The van der Waals surface area contributed by atoms with E-state index >= 15 is 0 Å². The minimum Gasteiger partial charge on any atom is -0.378 e. The summed E-state index contributed by atoms with van der Waals surface area (Å²) in [6, 6.07) is 4.70. The minimum absolute atomic E-state index is 0.0548. The summed E-state index contributed by atoms with van der Waals surface area (Å²) in [5.41, 5.74) is 1.08. The number of rotatable bonds is 4. The Bertz CT molecular complexity index is 608. The quantitative estimate of drug-likeness (QED) is 0.676. The van der Waals surface area contributed by atoms with Gasteiger partial charge in [0.2, 0.25) is 0 Å². The predicted octanol–water partition coefficient (Wildman–Crippen LogP) is 2.49. The first-order chi connectivity index (χ1) is 11.6. The molecule has 2 aliphatic rings. The number of hydrogen-bond donors (Lipinski definition) is 1. The lowest BCUT2D eigenvalue weighted by Crippen LogP contribution is -2.40. The molecule has 2 fully saturated rings. The number of ether oxygens (including phenoxy) is 1. The second-order valence-corrected chi connectivity index (χ2v) is 6.37. The molecule has 1 aromatic rings. The maximum atomic E-state index is 12.8. The van der Waals surface area contributed by atoms with Gasteiger partial charge in [-0.05, 0) is 18.9 Å². The van der Waals surface area contributed by atoms with Gasteiger partial charge in [-0.2, -0.15) is 0 Å². The number of carbonyl (C=O) groups is 1. The van der Waals surface area contributed by atoms with Gasteiger partial charge in [0.25, 0.3) is 11.6 Å². The zero-order valence-electron chi connectivity index (χ0n) is 13.7. The lowest BCUT2D eigenvalue weighted by molar-refractivity contribution is -0.384. The summed E-state index contributed by atoms with van der Waals surface area (Å²) in [5.74, 6) is -0.216. The number of non-ortho nitro benzene ring substituents is 1. The molecule has 3 rings (SSSR count). The molecule has 0 unspecified atom stereocenters. The molecule has 1 saturated carbocycles. The van der Waals surface area contributed by atoms with Crippen LogP contribution in [-0.4, -0.2) is 43.2 Å². The number of amides is 1. The van der Waals surface area contributed by atoms with Crippen LogP contribution in [0.4, 0.5) is 11.4 Å². The van der Waals surface area contributed by atoms with Gasteiger partial charge in [0, 0.05) is 31.3 Å². The predicted molar refractivity (Wildman–Crippen MR) is 90.5 cm³/mol. The van der Waals surface area contributed by atoms with Crippen LogP contribution in [0.15, 0.2) is 18.2 Å². The van der Waals surface area contributed by atoms with Gasteiger partial charge in [0.1, 0.15) is 0 Å². The van der Waals surface area contributed by atoms with E-state index in [2.05, 4.69) is 10.2 Å². The van der Waals surface area contributed by atoms with E-state index in [-0.39, 0.29) is 17.6 Å². The lowest BCUT2D eigenvalue weighted by atomic mass is 9.95. The topological polar surface area (TPSA) is 84.7 Å². The van der Waals surface area contributed by atoms with Crippen molar-refractivity contribution in [1.82, 2.24) is 5.32 Å². The van der Waals surface area contributed by atoms with E-state index in [0.29, 0.717) is 31.9 Å². The molecule has 0 spiro atoms. The van der Waals surface area contributed by atoms with Crippen LogP contribution in [0.1, 0.15) is 42.5 Å². The molecule has 0 aromatic heterocycles. The van der Waals surface area contributed by atoms with Crippen LogP contribution in [0.25, 0.3) is 0 Å².